The van der Waals surface area contributed by atoms with Gasteiger partial charge in [-0.25, -0.2) is 4.68 Å². The maximum Gasteiger partial charge on any atom is 0.255 e. The smallest absolute Gasteiger partial charge is 0.255 e. The number of carbonyl (C=O) groups excluding carboxylic acids is 5. The van der Waals surface area contributed by atoms with E-state index in [1.165, 1.54) is 11.9 Å². The molecule has 2 aromatic carbocycles. The number of ether oxygens (including phenoxy) is 1. The fraction of sp³-hybridized carbons (Fsp3) is 0.459. The highest BCUT2D eigenvalue weighted by molar-refractivity contribution is 6.33. The van der Waals surface area contributed by atoms with Crippen LogP contribution in [0, 0.1) is 5.92 Å². The van der Waals surface area contributed by atoms with Gasteiger partial charge in [0.05, 0.1) is 23.4 Å². The van der Waals surface area contributed by atoms with Gasteiger partial charge in [0.1, 0.15) is 23.9 Å². The number of halogens is 1. The molecule has 13 nitrogen and oxygen atoms in total. The van der Waals surface area contributed by atoms with Crippen molar-refractivity contribution in [2.75, 3.05) is 33.8 Å². The van der Waals surface area contributed by atoms with Gasteiger partial charge in [0.25, 0.3) is 5.91 Å². The third kappa shape index (κ3) is 10.8. The molecule has 14 heteroatoms. The minimum Gasteiger partial charge on any atom is -0.497 e. The van der Waals surface area contributed by atoms with E-state index in [1.54, 1.807) is 72.4 Å². The first kappa shape index (κ1) is 38.9. The molecule has 0 spiro atoms. The number of benzene rings is 2. The summed E-state index contributed by atoms with van der Waals surface area (Å²) in [6.07, 6.45) is 4.68. The van der Waals surface area contributed by atoms with E-state index in [9.17, 15) is 24.0 Å². The fourth-order valence-corrected chi connectivity index (χ4v) is 6.04. The van der Waals surface area contributed by atoms with Crippen LogP contribution in [0.5, 0.6) is 5.75 Å². The number of rotatable bonds is 7. The molecule has 0 aliphatic carbocycles. The van der Waals surface area contributed by atoms with Gasteiger partial charge in [0.2, 0.25) is 23.6 Å². The molecule has 4 rings (SSSR count). The SMILES string of the molecule is COc1ccc(C[C@@H]2NC(=O)[C@@H](CC(C)C)NC(=O)CCCN(C(=O)c3cc(-n4cccn4)ccc3Cl)CCCNC(=O)[C@H](C)N(C)C2=O)cc1. The summed E-state index contributed by atoms with van der Waals surface area (Å²) in [5.74, 6) is -1.30. The number of amides is 5. The summed E-state index contributed by atoms with van der Waals surface area (Å²) < 4.78 is 6.88. The third-order valence-corrected chi connectivity index (χ3v) is 9.18. The lowest BCUT2D eigenvalue weighted by atomic mass is 10.00. The Morgan fingerprint density at radius 2 is 1.73 bits per heavy atom. The molecular weight excluding hydrogens is 674 g/mol. The molecule has 3 N–H and O–H groups in total. The van der Waals surface area contributed by atoms with E-state index in [0.717, 1.165) is 5.56 Å². The number of hydrogen-bond acceptors (Lipinski definition) is 7. The highest BCUT2D eigenvalue weighted by Gasteiger charge is 2.32. The summed E-state index contributed by atoms with van der Waals surface area (Å²) in [7, 11) is 3.08. The molecule has 0 bridgehead atoms. The molecule has 0 radical (unpaired) electrons. The first-order valence-corrected chi connectivity index (χ1v) is 17.6. The van der Waals surface area contributed by atoms with Crippen LogP contribution in [0.15, 0.2) is 60.9 Å². The number of carbonyl (C=O) groups is 5. The van der Waals surface area contributed by atoms with Gasteiger partial charge in [-0.2, -0.15) is 5.10 Å². The van der Waals surface area contributed by atoms with Gasteiger partial charge in [-0.3, -0.25) is 24.0 Å². The molecule has 5 amide bonds. The van der Waals surface area contributed by atoms with Gasteiger partial charge in [-0.05, 0) is 74.1 Å². The van der Waals surface area contributed by atoms with Crippen molar-refractivity contribution in [2.45, 2.75) is 71.0 Å². The van der Waals surface area contributed by atoms with Crippen LogP contribution in [0.25, 0.3) is 5.69 Å². The largest absolute Gasteiger partial charge is 0.497 e. The van der Waals surface area contributed by atoms with Crippen molar-refractivity contribution in [1.82, 2.24) is 35.5 Å². The molecule has 3 aromatic rings. The van der Waals surface area contributed by atoms with Gasteiger partial charge < -0.3 is 30.5 Å². The number of hydrogen-bond donors (Lipinski definition) is 3. The number of likely N-dealkylation sites (N-methyl/N-ethyl adjacent to an activating group) is 1. The summed E-state index contributed by atoms with van der Waals surface area (Å²) in [5, 5.41) is 13.1. The molecule has 274 valence electrons. The van der Waals surface area contributed by atoms with E-state index in [1.807, 2.05) is 26.0 Å². The predicted octanol–water partition coefficient (Wildman–Crippen LogP) is 3.38. The molecule has 1 fully saturated rings. The zero-order valence-electron chi connectivity index (χ0n) is 29.9. The lowest BCUT2D eigenvalue weighted by Crippen LogP contribution is -2.57. The highest BCUT2D eigenvalue weighted by atomic mass is 35.5. The van der Waals surface area contributed by atoms with Crippen LogP contribution in [-0.4, -0.2) is 101 Å². The molecule has 1 saturated heterocycles. The molecular formula is C37H48ClN7O6. The molecule has 1 aliphatic heterocycles. The van der Waals surface area contributed by atoms with E-state index < -0.39 is 29.9 Å². The van der Waals surface area contributed by atoms with Crippen LogP contribution in [0.2, 0.25) is 5.02 Å². The van der Waals surface area contributed by atoms with Crippen molar-refractivity contribution in [3.63, 3.8) is 0 Å². The van der Waals surface area contributed by atoms with E-state index in [-0.39, 0.29) is 66.7 Å². The van der Waals surface area contributed by atoms with E-state index in [2.05, 4.69) is 21.0 Å². The predicted molar refractivity (Wildman–Crippen MR) is 194 cm³/mol. The van der Waals surface area contributed by atoms with E-state index >= 15 is 0 Å². The van der Waals surface area contributed by atoms with Crippen molar-refractivity contribution < 1.29 is 28.7 Å². The lowest BCUT2D eigenvalue weighted by molar-refractivity contribution is -0.141. The van der Waals surface area contributed by atoms with Crippen LogP contribution < -0.4 is 20.7 Å². The Morgan fingerprint density at radius 3 is 2.39 bits per heavy atom. The van der Waals surface area contributed by atoms with Crippen LogP contribution in [-0.2, 0) is 25.6 Å². The van der Waals surface area contributed by atoms with Crippen LogP contribution in [0.4, 0.5) is 0 Å². The maximum atomic E-state index is 13.9. The number of nitrogens with zero attached hydrogens (tertiary/aromatic N) is 4. The standard InChI is InChI=1S/C37H48ClN7O6/c1-24(2)21-31-35(48)42-32(22-26-10-13-28(51-5)14-11-26)37(50)43(4)25(3)34(47)39-16-7-19-44(18-6-9-33(46)41-31)36(49)29-23-27(12-15-30(29)38)45-20-8-17-40-45/h8,10-15,17,20,23-25,31-32H,6-7,9,16,18-19,21-22H2,1-5H3,(H,39,47)(H,41,46)(H,42,48)/t25-,31+,32-/m0/s1. The molecule has 2 heterocycles. The van der Waals surface area contributed by atoms with Crippen LogP contribution in [0.3, 0.4) is 0 Å². The minimum absolute atomic E-state index is 0.0522. The third-order valence-electron chi connectivity index (χ3n) is 8.85. The number of methoxy groups -OCH3 is 1. The Balaban J connectivity index is 1.57. The fourth-order valence-electron chi connectivity index (χ4n) is 5.84. The second kappa shape index (κ2) is 18.4. The summed E-state index contributed by atoms with van der Waals surface area (Å²) >= 11 is 6.50. The monoisotopic (exact) mass is 721 g/mol. The van der Waals surface area contributed by atoms with Gasteiger partial charge in [-0.1, -0.05) is 37.6 Å². The zero-order valence-corrected chi connectivity index (χ0v) is 30.6. The first-order valence-electron chi connectivity index (χ1n) is 17.2. The average Bonchev–Trinajstić information content (AvgIpc) is 3.66. The van der Waals surface area contributed by atoms with Crippen molar-refractivity contribution in [3.8, 4) is 11.4 Å². The lowest BCUT2D eigenvalue weighted by Gasteiger charge is -2.30. The summed E-state index contributed by atoms with van der Waals surface area (Å²) in [6, 6.07) is 11.2. The number of aromatic nitrogens is 2. The van der Waals surface area contributed by atoms with Crippen molar-refractivity contribution >= 4 is 41.1 Å². The van der Waals surface area contributed by atoms with Crippen molar-refractivity contribution in [3.05, 3.63) is 77.1 Å². The Kier molecular flexibility index (Phi) is 14.0. The summed E-state index contributed by atoms with van der Waals surface area (Å²) in [5.41, 5.74) is 1.72. The van der Waals surface area contributed by atoms with Gasteiger partial charge in [0, 0.05) is 51.9 Å². The molecule has 0 saturated carbocycles. The van der Waals surface area contributed by atoms with E-state index in [4.69, 9.17) is 16.3 Å². The Labute approximate surface area is 304 Å². The Morgan fingerprint density at radius 1 is 1.00 bits per heavy atom. The Hall–Kier alpha value is -4.91. The average molecular weight is 722 g/mol. The topological polar surface area (TPSA) is 155 Å². The second-order valence-electron chi connectivity index (χ2n) is 13.1. The summed E-state index contributed by atoms with van der Waals surface area (Å²) in [6.45, 7) is 6.24. The van der Waals surface area contributed by atoms with Gasteiger partial charge in [0.15, 0.2) is 0 Å². The molecule has 1 aromatic heterocycles. The van der Waals surface area contributed by atoms with E-state index in [0.29, 0.717) is 30.7 Å². The normalized spacial score (nSPS) is 20.3. The van der Waals surface area contributed by atoms with Crippen molar-refractivity contribution in [2.24, 2.45) is 5.92 Å². The molecule has 0 unspecified atom stereocenters. The van der Waals surface area contributed by atoms with Crippen molar-refractivity contribution in [1.29, 1.82) is 0 Å². The molecule has 51 heavy (non-hydrogen) atoms. The molecule has 1 aliphatic rings. The van der Waals surface area contributed by atoms with Crippen LogP contribution >= 0.6 is 11.6 Å². The quantitative estimate of drug-likeness (QED) is 0.338. The van der Waals surface area contributed by atoms with Gasteiger partial charge >= 0.3 is 0 Å². The number of nitrogens with one attached hydrogen (secondary N) is 3. The van der Waals surface area contributed by atoms with Gasteiger partial charge in [-0.15, -0.1) is 0 Å². The van der Waals surface area contributed by atoms with Crippen LogP contribution in [0.1, 0.15) is 62.4 Å². The Bertz CT molecular complexity index is 1660. The zero-order chi connectivity index (χ0) is 37.1. The first-order chi connectivity index (χ1) is 24.4. The second-order valence-corrected chi connectivity index (χ2v) is 13.6. The highest BCUT2D eigenvalue weighted by Crippen LogP contribution is 2.22. The minimum atomic E-state index is -1.00. The summed E-state index contributed by atoms with van der Waals surface area (Å²) in [4.78, 5) is 71.0. The molecule has 3 atom stereocenters. The maximum absolute atomic E-state index is 13.9.